The summed E-state index contributed by atoms with van der Waals surface area (Å²) in [5.41, 5.74) is 0.649. The summed E-state index contributed by atoms with van der Waals surface area (Å²) >= 11 is 0. The third-order valence-corrected chi connectivity index (χ3v) is 5.53. The van der Waals surface area contributed by atoms with Crippen LogP contribution < -0.4 is 10.6 Å². The first-order valence-electron chi connectivity index (χ1n) is 8.57. The van der Waals surface area contributed by atoms with Crippen LogP contribution in [-0.4, -0.2) is 33.9 Å². The monoisotopic (exact) mass is 291 g/mol. The molecule has 0 bridgehead atoms. The first-order valence-corrected chi connectivity index (χ1v) is 8.57. The molecule has 0 aromatic carbocycles. The van der Waals surface area contributed by atoms with Gasteiger partial charge in [0.2, 0.25) is 0 Å². The first-order chi connectivity index (χ1) is 10.2. The fourth-order valence-electron chi connectivity index (χ4n) is 4.13. The fraction of sp³-hybridized carbons (Fsp3) is 0.875. The molecule has 2 N–H and O–H groups in total. The molecule has 1 aliphatic carbocycles. The molecule has 1 unspecified atom stereocenters. The van der Waals surface area contributed by atoms with E-state index in [9.17, 15) is 0 Å². The minimum absolute atomic E-state index is 0.291. The van der Waals surface area contributed by atoms with Crippen LogP contribution in [0.3, 0.4) is 0 Å². The number of aromatic nitrogens is 3. The van der Waals surface area contributed by atoms with Gasteiger partial charge in [-0.3, -0.25) is 0 Å². The number of hydrogen-bond acceptors (Lipinski definition) is 4. The summed E-state index contributed by atoms with van der Waals surface area (Å²) in [6.45, 7) is 7.65. The van der Waals surface area contributed by atoms with Gasteiger partial charge in [-0.2, -0.15) is 5.10 Å². The van der Waals surface area contributed by atoms with Gasteiger partial charge in [0, 0.05) is 12.6 Å². The average Bonchev–Trinajstić information content (AvgIpc) is 2.99. The second-order valence-corrected chi connectivity index (χ2v) is 6.85. The molecule has 0 radical (unpaired) electrons. The highest BCUT2D eigenvalue weighted by Crippen LogP contribution is 2.43. The van der Waals surface area contributed by atoms with E-state index in [0.29, 0.717) is 17.5 Å². The van der Waals surface area contributed by atoms with Gasteiger partial charge >= 0.3 is 0 Å². The normalized spacial score (nSPS) is 24.3. The van der Waals surface area contributed by atoms with Gasteiger partial charge in [-0.05, 0) is 70.9 Å². The highest BCUT2D eigenvalue weighted by molar-refractivity contribution is 4.96. The maximum atomic E-state index is 4.42. The molecule has 5 nitrogen and oxygen atoms in total. The summed E-state index contributed by atoms with van der Waals surface area (Å²) < 4.78 is 1.99. The van der Waals surface area contributed by atoms with E-state index in [1.807, 2.05) is 4.68 Å². The average molecular weight is 291 g/mol. The lowest BCUT2D eigenvalue weighted by molar-refractivity contribution is 0.112. The molecule has 3 rings (SSSR count). The van der Waals surface area contributed by atoms with Crippen LogP contribution in [0.1, 0.15) is 64.2 Å². The molecule has 2 aliphatic rings. The van der Waals surface area contributed by atoms with Crippen molar-refractivity contribution in [2.75, 3.05) is 13.1 Å². The molecule has 2 heterocycles. The summed E-state index contributed by atoms with van der Waals surface area (Å²) in [5, 5.41) is 11.6. The van der Waals surface area contributed by atoms with E-state index in [0.717, 1.165) is 12.4 Å². The van der Waals surface area contributed by atoms with Crippen molar-refractivity contribution >= 4 is 0 Å². The molecule has 1 spiro atoms. The van der Waals surface area contributed by atoms with E-state index < -0.39 is 0 Å². The van der Waals surface area contributed by atoms with Crippen LogP contribution in [0.15, 0.2) is 6.33 Å². The van der Waals surface area contributed by atoms with Crippen molar-refractivity contribution in [3.8, 4) is 0 Å². The van der Waals surface area contributed by atoms with Crippen LogP contribution in [-0.2, 0) is 6.54 Å². The van der Waals surface area contributed by atoms with Crippen molar-refractivity contribution in [3.05, 3.63) is 12.2 Å². The van der Waals surface area contributed by atoms with Crippen molar-refractivity contribution in [2.45, 2.75) is 71.0 Å². The highest BCUT2D eigenvalue weighted by Gasteiger charge is 2.36. The molecule has 1 aliphatic heterocycles. The number of aryl methyl sites for hydroxylation is 1. The quantitative estimate of drug-likeness (QED) is 0.893. The first kappa shape index (κ1) is 15.0. The van der Waals surface area contributed by atoms with E-state index >= 15 is 0 Å². The van der Waals surface area contributed by atoms with E-state index in [2.05, 4.69) is 34.6 Å². The zero-order chi connectivity index (χ0) is 14.7. The predicted molar refractivity (Wildman–Crippen MR) is 84.0 cm³/mol. The number of rotatable bonds is 4. The number of nitrogens with one attached hydrogen (secondary N) is 2. The standard InChI is InChI=1S/C16H29N5/c1-3-21-15(18-12-19-21)13(2)20-14-4-6-16(7-5-14)8-10-17-11-9-16/h12-14,17,20H,3-11H2,1-2H3. The third-order valence-electron chi connectivity index (χ3n) is 5.53. The zero-order valence-corrected chi connectivity index (χ0v) is 13.4. The van der Waals surface area contributed by atoms with Crippen molar-refractivity contribution in [1.82, 2.24) is 25.4 Å². The SMILES string of the molecule is CCn1ncnc1C(C)NC1CCC2(CCNCC2)CC1. The van der Waals surface area contributed by atoms with Crippen molar-refractivity contribution in [3.63, 3.8) is 0 Å². The van der Waals surface area contributed by atoms with Crippen molar-refractivity contribution in [1.29, 1.82) is 0 Å². The van der Waals surface area contributed by atoms with Crippen molar-refractivity contribution in [2.24, 2.45) is 5.41 Å². The Morgan fingerprint density at radius 1 is 1.33 bits per heavy atom. The molecule has 0 amide bonds. The molecule has 2 fully saturated rings. The van der Waals surface area contributed by atoms with Crippen LogP contribution in [0.2, 0.25) is 0 Å². The molecule has 1 saturated heterocycles. The Labute approximate surface area is 127 Å². The van der Waals surface area contributed by atoms with Gasteiger partial charge in [-0.25, -0.2) is 9.67 Å². The molecule has 21 heavy (non-hydrogen) atoms. The summed E-state index contributed by atoms with van der Waals surface area (Å²) in [6, 6.07) is 0.932. The van der Waals surface area contributed by atoms with E-state index in [1.165, 1.54) is 51.6 Å². The summed E-state index contributed by atoms with van der Waals surface area (Å²) in [5.74, 6) is 1.07. The predicted octanol–water partition coefficient (Wildman–Crippen LogP) is 2.26. The van der Waals surface area contributed by atoms with Gasteiger partial charge in [0.25, 0.3) is 0 Å². The molecule has 1 aromatic rings. The Morgan fingerprint density at radius 3 is 2.71 bits per heavy atom. The van der Waals surface area contributed by atoms with Gasteiger partial charge in [-0.1, -0.05) is 0 Å². The fourth-order valence-corrected chi connectivity index (χ4v) is 4.13. The zero-order valence-electron chi connectivity index (χ0n) is 13.4. The molecular weight excluding hydrogens is 262 g/mol. The summed E-state index contributed by atoms with van der Waals surface area (Å²) in [7, 11) is 0. The number of nitrogens with zero attached hydrogens (tertiary/aromatic N) is 3. The molecule has 1 saturated carbocycles. The molecular formula is C16H29N5. The molecule has 118 valence electrons. The third kappa shape index (κ3) is 3.29. The van der Waals surface area contributed by atoms with E-state index in [1.54, 1.807) is 6.33 Å². The Balaban J connectivity index is 1.53. The second-order valence-electron chi connectivity index (χ2n) is 6.85. The topological polar surface area (TPSA) is 54.8 Å². The van der Waals surface area contributed by atoms with Crippen molar-refractivity contribution < 1.29 is 0 Å². The maximum absolute atomic E-state index is 4.42. The van der Waals surface area contributed by atoms with Gasteiger partial charge in [0.15, 0.2) is 0 Å². The van der Waals surface area contributed by atoms with Crippen LogP contribution in [0.5, 0.6) is 0 Å². The summed E-state index contributed by atoms with van der Waals surface area (Å²) in [4.78, 5) is 4.42. The lowest BCUT2D eigenvalue weighted by Gasteiger charge is -2.43. The Hall–Kier alpha value is -0.940. The lowest BCUT2D eigenvalue weighted by Crippen LogP contribution is -2.43. The van der Waals surface area contributed by atoms with Crippen LogP contribution in [0.25, 0.3) is 0 Å². The Morgan fingerprint density at radius 2 is 2.05 bits per heavy atom. The van der Waals surface area contributed by atoms with Crippen LogP contribution >= 0.6 is 0 Å². The molecule has 5 heteroatoms. The van der Waals surface area contributed by atoms with Crippen LogP contribution in [0.4, 0.5) is 0 Å². The van der Waals surface area contributed by atoms with Gasteiger partial charge in [-0.15, -0.1) is 0 Å². The van der Waals surface area contributed by atoms with Gasteiger partial charge in [0.05, 0.1) is 6.04 Å². The lowest BCUT2D eigenvalue weighted by atomic mass is 9.67. The van der Waals surface area contributed by atoms with E-state index in [4.69, 9.17) is 0 Å². The summed E-state index contributed by atoms with van der Waals surface area (Å²) in [6.07, 6.45) is 9.81. The highest BCUT2D eigenvalue weighted by atomic mass is 15.3. The second kappa shape index (κ2) is 6.44. The Bertz CT molecular complexity index is 439. The van der Waals surface area contributed by atoms with Crippen LogP contribution in [0, 0.1) is 5.41 Å². The maximum Gasteiger partial charge on any atom is 0.143 e. The minimum atomic E-state index is 0.291. The largest absolute Gasteiger partial charge is 0.317 e. The van der Waals surface area contributed by atoms with Gasteiger partial charge < -0.3 is 10.6 Å². The number of hydrogen-bond donors (Lipinski definition) is 2. The smallest absolute Gasteiger partial charge is 0.143 e. The minimum Gasteiger partial charge on any atom is -0.317 e. The molecule has 1 atom stereocenters. The van der Waals surface area contributed by atoms with E-state index in [-0.39, 0.29) is 0 Å². The molecule has 1 aromatic heterocycles. The Kier molecular flexibility index (Phi) is 4.60. The number of piperidine rings is 1. The van der Waals surface area contributed by atoms with Gasteiger partial charge in [0.1, 0.15) is 12.2 Å².